The summed E-state index contributed by atoms with van der Waals surface area (Å²) in [6.07, 6.45) is 0. The van der Waals surface area contributed by atoms with Crippen LogP contribution in [0, 0.1) is 6.92 Å². The second-order valence-corrected chi connectivity index (χ2v) is 4.97. The molecule has 0 spiro atoms. The Labute approximate surface area is 124 Å². The summed E-state index contributed by atoms with van der Waals surface area (Å²) in [4.78, 5) is 14.4. The Morgan fingerprint density at radius 2 is 1.90 bits per heavy atom. The summed E-state index contributed by atoms with van der Waals surface area (Å²) in [5, 5.41) is 9.75. The lowest BCUT2D eigenvalue weighted by Crippen LogP contribution is -2.31. The molecule has 0 aromatic heterocycles. The first-order valence-electron chi connectivity index (χ1n) is 6.95. The summed E-state index contributed by atoms with van der Waals surface area (Å²) in [6.45, 7) is 4.70. The maximum absolute atomic E-state index is 12.6. The minimum atomic E-state index is -0.103. The SMILES string of the molecule is CCN(Cc1ccccc1N)C(=O)c1cccc(O)c1C. The number of phenolic OH excluding ortho intramolecular Hbond substituents is 1. The van der Waals surface area contributed by atoms with Gasteiger partial charge in [0.15, 0.2) is 0 Å². The molecule has 110 valence electrons. The highest BCUT2D eigenvalue weighted by molar-refractivity contribution is 5.96. The van der Waals surface area contributed by atoms with Crippen LogP contribution in [-0.4, -0.2) is 22.5 Å². The van der Waals surface area contributed by atoms with Gasteiger partial charge in [-0.05, 0) is 37.6 Å². The van der Waals surface area contributed by atoms with Gasteiger partial charge in [0.1, 0.15) is 5.75 Å². The predicted molar refractivity (Wildman–Crippen MR) is 84.1 cm³/mol. The van der Waals surface area contributed by atoms with Crippen molar-refractivity contribution in [3.8, 4) is 5.75 Å². The van der Waals surface area contributed by atoms with E-state index in [4.69, 9.17) is 5.73 Å². The number of nitrogens with zero attached hydrogens (tertiary/aromatic N) is 1. The summed E-state index contributed by atoms with van der Waals surface area (Å²) < 4.78 is 0. The molecular formula is C17H20N2O2. The standard InChI is InChI=1S/C17H20N2O2/c1-3-19(11-13-7-4-5-9-15(13)18)17(21)14-8-6-10-16(20)12(14)2/h4-10,20H,3,11,18H2,1-2H3. The number of nitrogens with two attached hydrogens (primary N) is 1. The van der Waals surface area contributed by atoms with Crippen molar-refractivity contribution in [2.24, 2.45) is 0 Å². The average Bonchev–Trinajstić information content (AvgIpc) is 2.48. The zero-order valence-corrected chi connectivity index (χ0v) is 12.3. The Bertz CT molecular complexity index is 653. The molecule has 0 radical (unpaired) electrons. The Kier molecular flexibility index (Phi) is 4.48. The van der Waals surface area contributed by atoms with Gasteiger partial charge >= 0.3 is 0 Å². The Hall–Kier alpha value is -2.49. The topological polar surface area (TPSA) is 66.6 Å². The maximum atomic E-state index is 12.6. The molecular weight excluding hydrogens is 264 g/mol. The van der Waals surface area contributed by atoms with Crippen molar-refractivity contribution in [2.75, 3.05) is 12.3 Å². The molecule has 2 aromatic rings. The number of nitrogen functional groups attached to an aromatic ring is 1. The molecule has 21 heavy (non-hydrogen) atoms. The molecule has 2 rings (SSSR count). The van der Waals surface area contributed by atoms with Gasteiger partial charge in [-0.1, -0.05) is 24.3 Å². The molecule has 0 unspecified atom stereocenters. The number of aromatic hydroxyl groups is 1. The maximum Gasteiger partial charge on any atom is 0.254 e. The minimum Gasteiger partial charge on any atom is -0.508 e. The highest BCUT2D eigenvalue weighted by atomic mass is 16.3. The van der Waals surface area contributed by atoms with E-state index in [9.17, 15) is 9.90 Å². The van der Waals surface area contributed by atoms with Gasteiger partial charge in [0, 0.05) is 29.9 Å². The molecule has 2 aromatic carbocycles. The van der Waals surface area contributed by atoms with Crippen molar-refractivity contribution >= 4 is 11.6 Å². The van der Waals surface area contributed by atoms with Crippen LogP contribution < -0.4 is 5.73 Å². The minimum absolute atomic E-state index is 0.103. The normalized spacial score (nSPS) is 10.4. The summed E-state index contributed by atoms with van der Waals surface area (Å²) in [6, 6.07) is 12.5. The summed E-state index contributed by atoms with van der Waals surface area (Å²) in [5.74, 6) is 0.0327. The van der Waals surface area contributed by atoms with Crippen LogP contribution in [0.3, 0.4) is 0 Å². The summed E-state index contributed by atoms with van der Waals surface area (Å²) in [7, 11) is 0. The molecule has 3 N–H and O–H groups in total. The van der Waals surface area contributed by atoms with Gasteiger partial charge in [0.2, 0.25) is 0 Å². The van der Waals surface area contributed by atoms with Crippen molar-refractivity contribution in [3.63, 3.8) is 0 Å². The molecule has 0 fully saturated rings. The number of phenols is 1. The van der Waals surface area contributed by atoms with Crippen molar-refractivity contribution in [2.45, 2.75) is 20.4 Å². The number of amides is 1. The zero-order valence-electron chi connectivity index (χ0n) is 12.3. The largest absolute Gasteiger partial charge is 0.508 e. The van der Waals surface area contributed by atoms with Gasteiger partial charge in [0.25, 0.3) is 5.91 Å². The first-order valence-corrected chi connectivity index (χ1v) is 6.95. The van der Waals surface area contributed by atoms with Crippen molar-refractivity contribution in [1.82, 2.24) is 4.90 Å². The molecule has 0 aliphatic rings. The molecule has 0 heterocycles. The van der Waals surface area contributed by atoms with Crippen LogP contribution in [0.2, 0.25) is 0 Å². The van der Waals surface area contributed by atoms with E-state index in [-0.39, 0.29) is 11.7 Å². The lowest BCUT2D eigenvalue weighted by Gasteiger charge is -2.23. The molecule has 0 atom stereocenters. The summed E-state index contributed by atoms with van der Waals surface area (Å²) in [5.41, 5.74) is 8.66. The number of carbonyl (C=O) groups is 1. The Balaban J connectivity index is 2.27. The van der Waals surface area contributed by atoms with E-state index in [2.05, 4.69) is 0 Å². The molecule has 1 amide bonds. The number of benzene rings is 2. The van der Waals surface area contributed by atoms with Gasteiger partial charge in [-0.25, -0.2) is 0 Å². The van der Waals surface area contributed by atoms with E-state index in [1.807, 2.05) is 31.2 Å². The molecule has 4 nitrogen and oxygen atoms in total. The number of rotatable bonds is 4. The highest BCUT2D eigenvalue weighted by Gasteiger charge is 2.18. The number of hydrogen-bond acceptors (Lipinski definition) is 3. The molecule has 4 heteroatoms. The molecule has 0 saturated carbocycles. The monoisotopic (exact) mass is 284 g/mol. The molecule has 0 saturated heterocycles. The fourth-order valence-electron chi connectivity index (χ4n) is 2.24. The van der Waals surface area contributed by atoms with Crippen molar-refractivity contribution in [1.29, 1.82) is 0 Å². The number of para-hydroxylation sites is 1. The predicted octanol–water partition coefficient (Wildman–Crippen LogP) is 2.95. The van der Waals surface area contributed by atoms with Crippen molar-refractivity contribution < 1.29 is 9.90 Å². The first kappa shape index (κ1) is 14.9. The second-order valence-electron chi connectivity index (χ2n) is 4.97. The fraction of sp³-hybridized carbons (Fsp3) is 0.235. The van der Waals surface area contributed by atoms with E-state index in [1.54, 1.807) is 30.0 Å². The van der Waals surface area contributed by atoms with E-state index < -0.39 is 0 Å². The van der Waals surface area contributed by atoms with Crippen LogP contribution in [-0.2, 0) is 6.54 Å². The van der Waals surface area contributed by atoms with Crippen LogP contribution in [0.5, 0.6) is 5.75 Å². The number of carbonyl (C=O) groups excluding carboxylic acids is 1. The van der Waals surface area contributed by atoms with Gasteiger partial charge in [-0.3, -0.25) is 4.79 Å². The van der Waals surface area contributed by atoms with E-state index in [0.29, 0.717) is 29.9 Å². The first-order chi connectivity index (χ1) is 10.0. The third kappa shape index (κ3) is 3.16. The highest BCUT2D eigenvalue weighted by Crippen LogP contribution is 2.22. The quantitative estimate of drug-likeness (QED) is 0.848. The van der Waals surface area contributed by atoms with Crippen LogP contribution in [0.15, 0.2) is 42.5 Å². The van der Waals surface area contributed by atoms with Crippen molar-refractivity contribution in [3.05, 3.63) is 59.2 Å². The van der Waals surface area contributed by atoms with Gasteiger partial charge in [-0.15, -0.1) is 0 Å². The molecule has 0 bridgehead atoms. The number of anilines is 1. The lowest BCUT2D eigenvalue weighted by atomic mass is 10.1. The van der Waals surface area contributed by atoms with Crippen LogP contribution in [0.25, 0.3) is 0 Å². The van der Waals surface area contributed by atoms with E-state index in [1.165, 1.54) is 0 Å². The number of hydrogen-bond donors (Lipinski definition) is 2. The zero-order chi connectivity index (χ0) is 15.4. The molecule has 0 aliphatic heterocycles. The Morgan fingerprint density at radius 1 is 1.19 bits per heavy atom. The third-order valence-corrected chi connectivity index (χ3v) is 3.62. The van der Waals surface area contributed by atoms with Crippen LogP contribution in [0.4, 0.5) is 5.69 Å². The van der Waals surface area contributed by atoms with E-state index in [0.717, 1.165) is 5.56 Å². The van der Waals surface area contributed by atoms with Gasteiger partial charge < -0.3 is 15.7 Å². The summed E-state index contributed by atoms with van der Waals surface area (Å²) >= 11 is 0. The van der Waals surface area contributed by atoms with Gasteiger partial charge in [-0.2, -0.15) is 0 Å². The van der Waals surface area contributed by atoms with Crippen LogP contribution in [0.1, 0.15) is 28.4 Å². The average molecular weight is 284 g/mol. The molecule has 0 aliphatic carbocycles. The van der Waals surface area contributed by atoms with Crippen LogP contribution >= 0.6 is 0 Å². The smallest absolute Gasteiger partial charge is 0.254 e. The fourth-order valence-corrected chi connectivity index (χ4v) is 2.24. The third-order valence-electron chi connectivity index (χ3n) is 3.62. The second kappa shape index (κ2) is 6.31. The van der Waals surface area contributed by atoms with E-state index >= 15 is 0 Å². The lowest BCUT2D eigenvalue weighted by molar-refractivity contribution is 0.0751. The Morgan fingerprint density at radius 3 is 2.57 bits per heavy atom. The van der Waals surface area contributed by atoms with Gasteiger partial charge in [0.05, 0.1) is 0 Å².